The summed E-state index contributed by atoms with van der Waals surface area (Å²) in [5.74, 6) is 0. The SMILES string of the molecule is CCCN(C(C)C)C(CN)(CCC)CCC. The monoisotopic (exact) mass is 228 g/mol. The molecule has 2 heteroatoms. The number of nitrogens with two attached hydrogens (primary N) is 1. The zero-order valence-electron chi connectivity index (χ0n) is 12.1. The molecule has 0 heterocycles. The molecule has 0 atom stereocenters. The molecule has 0 radical (unpaired) electrons. The lowest BCUT2D eigenvalue weighted by atomic mass is 9.85. The van der Waals surface area contributed by atoms with Gasteiger partial charge >= 0.3 is 0 Å². The molecule has 0 unspecified atom stereocenters. The third-order valence-corrected chi connectivity index (χ3v) is 3.51. The van der Waals surface area contributed by atoms with Gasteiger partial charge in [0, 0.05) is 18.1 Å². The number of hydrogen-bond donors (Lipinski definition) is 1. The predicted molar refractivity (Wildman–Crippen MR) is 73.7 cm³/mol. The molecule has 0 saturated carbocycles. The van der Waals surface area contributed by atoms with Gasteiger partial charge in [0.05, 0.1) is 0 Å². The van der Waals surface area contributed by atoms with E-state index in [0.717, 1.165) is 6.54 Å². The Morgan fingerprint density at radius 3 is 1.75 bits per heavy atom. The molecule has 0 aliphatic carbocycles. The van der Waals surface area contributed by atoms with E-state index >= 15 is 0 Å². The molecule has 0 aromatic heterocycles. The average molecular weight is 228 g/mol. The first-order valence-corrected chi connectivity index (χ1v) is 7.04. The topological polar surface area (TPSA) is 29.3 Å². The van der Waals surface area contributed by atoms with Crippen molar-refractivity contribution in [3.8, 4) is 0 Å². The van der Waals surface area contributed by atoms with E-state index in [9.17, 15) is 0 Å². The summed E-state index contributed by atoms with van der Waals surface area (Å²) >= 11 is 0. The molecule has 0 aliphatic rings. The highest BCUT2D eigenvalue weighted by Gasteiger charge is 2.34. The molecule has 0 bridgehead atoms. The highest BCUT2D eigenvalue weighted by molar-refractivity contribution is 4.92. The van der Waals surface area contributed by atoms with Crippen molar-refractivity contribution in [1.29, 1.82) is 0 Å². The second-order valence-electron chi connectivity index (χ2n) is 5.22. The summed E-state index contributed by atoms with van der Waals surface area (Å²) < 4.78 is 0. The van der Waals surface area contributed by atoms with Crippen LogP contribution < -0.4 is 5.73 Å². The van der Waals surface area contributed by atoms with E-state index in [-0.39, 0.29) is 5.54 Å². The summed E-state index contributed by atoms with van der Waals surface area (Å²) in [6, 6.07) is 0.599. The molecule has 16 heavy (non-hydrogen) atoms. The van der Waals surface area contributed by atoms with Crippen LogP contribution in [0.2, 0.25) is 0 Å². The first kappa shape index (κ1) is 15.9. The van der Waals surface area contributed by atoms with E-state index in [1.807, 2.05) is 0 Å². The van der Waals surface area contributed by atoms with Gasteiger partial charge in [-0.15, -0.1) is 0 Å². The first-order chi connectivity index (χ1) is 7.57. The molecule has 0 aromatic rings. The summed E-state index contributed by atoms with van der Waals surface area (Å²) in [6.45, 7) is 13.4. The van der Waals surface area contributed by atoms with Crippen molar-refractivity contribution in [2.45, 2.75) is 78.3 Å². The van der Waals surface area contributed by atoms with E-state index in [2.05, 4.69) is 39.5 Å². The molecule has 0 aromatic carbocycles. The lowest BCUT2D eigenvalue weighted by Gasteiger charge is -2.46. The molecule has 2 N–H and O–H groups in total. The van der Waals surface area contributed by atoms with Crippen molar-refractivity contribution in [1.82, 2.24) is 4.90 Å². The van der Waals surface area contributed by atoms with E-state index in [1.54, 1.807) is 0 Å². The van der Waals surface area contributed by atoms with Crippen molar-refractivity contribution >= 4 is 0 Å². The van der Waals surface area contributed by atoms with Crippen LogP contribution in [0.3, 0.4) is 0 Å². The molecule has 98 valence electrons. The molecule has 0 rings (SSSR count). The maximum Gasteiger partial charge on any atom is 0.0334 e. The Morgan fingerprint density at radius 2 is 1.50 bits per heavy atom. The Bertz CT molecular complexity index is 160. The second-order valence-corrected chi connectivity index (χ2v) is 5.22. The number of rotatable bonds is 9. The van der Waals surface area contributed by atoms with Gasteiger partial charge in [0.2, 0.25) is 0 Å². The van der Waals surface area contributed by atoms with Gasteiger partial charge in [0.15, 0.2) is 0 Å². The average Bonchev–Trinajstić information content (AvgIpc) is 2.25. The maximum atomic E-state index is 6.11. The van der Waals surface area contributed by atoms with E-state index in [0.29, 0.717) is 6.04 Å². The van der Waals surface area contributed by atoms with Gasteiger partial charge in [-0.05, 0) is 39.7 Å². The third kappa shape index (κ3) is 4.06. The van der Waals surface area contributed by atoms with E-state index < -0.39 is 0 Å². The van der Waals surface area contributed by atoms with Crippen LogP contribution >= 0.6 is 0 Å². The van der Waals surface area contributed by atoms with Crippen LogP contribution in [0.25, 0.3) is 0 Å². The van der Waals surface area contributed by atoms with Gasteiger partial charge in [0.25, 0.3) is 0 Å². The van der Waals surface area contributed by atoms with E-state index in [1.165, 1.54) is 38.6 Å². The number of hydrogen-bond acceptors (Lipinski definition) is 2. The van der Waals surface area contributed by atoms with Gasteiger partial charge in [-0.1, -0.05) is 33.6 Å². The molecule has 0 spiro atoms. The lowest BCUT2D eigenvalue weighted by molar-refractivity contribution is 0.0448. The summed E-state index contributed by atoms with van der Waals surface area (Å²) in [5, 5.41) is 0. The smallest absolute Gasteiger partial charge is 0.0334 e. The summed E-state index contributed by atoms with van der Waals surface area (Å²) in [6.07, 6.45) is 6.13. The van der Waals surface area contributed by atoms with Gasteiger partial charge in [-0.25, -0.2) is 0 Å². The Kier molecular flexibility index (Phi) is 8.04. The minimum Gasteiger partial charge on any atom is -0.329 e. The van der Waals surface area contributed by atoms with Crippen LogP contribution in [0, 0.1) is 0 Å². The fourth-order valence-electron chi connectivity index (χ4n) is 2.95. The zero-order chi connectivity index (χ0) is 12.6. The molecule has 2 nitrogen and oxygen atoms in total. The van der Waals surface area contributed by atoms with Crippen molar-refractivity contribution in [2.75, 3.05) is 13.1 Å². The highest BCUT2D eigenvalue weighted by atomic mass is 15.2. The fraction of sp³-hybridized carbons (Fsp3) is 1.00. The van der Waals surface area contributed by atoms with Crippen molar-refractivity contribution in [3.05, 3.63) is 0 Å². The normalized spacial score (nSPS) is 12.8. The minimum atomic E-state index is 0.244. The molecule has 0 fully saturated rings. The quantitative estimate of drug-likeness (QED) is 0.655. The first-order valence-electron chi connectivity index (χ1n) is 7.04. The second kappa shape index (κ2) is 8.08. The van der Waals surface area contributed by atoms with Gasteiger partial charge < -0.3 is 5.73 Å². The minimum absolute atomic E-state index is 0.244. The van der Waals surface area contributed by atoms with E-state index in [4.69, 9.17) is 5.73 Å². The van der Waals surface area contributed by atoms with Gasteiger partial charge in [-0.2, -0.15) is 0 Å². The molecule has 0 aliphatic heterocycles. The Hall–Kier alpha value is -0.0800. The van der Waals surface area contributed by atoms with Crippen LogP contribution in [0.5, 0.6) is 0 Å². The Balaban J connectivity index is 4.89. The van der Waals surface area contributed by atoms with Crippen LogP contribution in [-0.2, 0) is 0 Å². The van der Waals surface area contributed by atoms with Crippen molar-refractivity contribution in [3.63, 3.8) is 0 Å². The van der Waals surface area contributed by atoms with Gasteiger partial charge in [-0.3, -0.25) is 4.90 Å². The van der Waals surface area contributed by atoms with Gasteiger partial charge in [0.1, 0.15) is 0 Å². The molecular weight excluding hydrogens is 196 g/mol. The lowest BCUT2D eigenvalue weighted by Crippen LogP contribution is -2.56. The molecular formula is C14H32N2. The fourth-order valence-corrected chi connectivity index (χ4v) is 2.95. The highest BCUT2D eigenvalue weighted by Crippen LogP contribution is 2.28. The summed E-state index contributed by atoms with van der Waals surface area (Å²) in [7, 11) is 0. The van der Waals surface area contributed by atoms with Crippen molar-refractivity contribution < 1.29 is 0 Å². The summed E-state index contributed by atoms with van der Waals surface area (Å²) in [5.41, 5.74) is 6.35. The summed E-state index contributed by atoms with van der Waals surface area (Å²) in [4.78, 5) is 2.64. The predicted octanol–water partition coefficient (Wildman–Crippen LogP) is 3.40. The van der Waals surface area contributed by atoms with Crippen LogP contribution in [0.1, 0.15) is 66.7 Å². The Labute approximate surface area is 103 Å². The van der Waals surface area contributed by atoms with Crippen molar-refractivity contribution in [2.24, 2.45) is 5.73 Å². The number of nitrogens with zero attached hydrogens (tertiary/aromatic N) is 1. The largest absolute Gasteiger partial charge is 0.329 e. The maximum absolute atomic E-state index is 6.11. The Morgan fingerprint density at radius 1 is 1.00 bits per heavy atom. The molecule has 0 saturated heterocycles. The standard InChI is InChI=1S/C14H32N2/c1-6-9-14(12-15,10-7-2)16(11-8-3)13(4)5/h13H,6-12,15H2,1-5H3. The van der Waals surface area contributed by atoms with Crippen LogP contribution in [0.15, 0.2) is 0 Å². The van der Waals surface area contributed by atoms with Crippen LogP contribution in [0.4, 0.5) is 0 Å². The zero-order valence-corrected chi connectivity index (χ0v) is 12.1. The van der Waals surface area contributed by atoms with Crippen LogP contribution in [-0.4, -0.2) is 29.6 Å². The molecule has 0 amide bonds. The third-order valence-electron chi connectivity index (χ3n) is 3.51.